The highest BCUT2D eigenvalue weighted by molar-refractivity contribution is 5.68. The Balaban J connectivity index is 2.81. The molecule has 0 aliphatic carbocycles. The van der Waals surface area contributed by atoms with Crippen molar-refractivity contribution in [3.05, 3.63) is 18.2 Å². The molecule has 0 amide bonds. The van der Waals surface area contributed by atoms with Gasteiger partial charge in [-0.2, -0.15) is 0 Å². The molecule has 0 spiro atoms. The molecule has 0 atom stereocenters. The van der Waals surface area contributed by atoms with Crippen LogP contribution in [0.3, 0.4) is 0 Å². The van der Waals surface area contributed by atoms with Gasteiger partial charge in [-0.25, -0.2) is 0 Å². The largest absolute Gasteiger partial charge is 0.493 e. The van der Waals surface area contributed by atoms with Gasteiger partial charge in [-0.15, -0.1) is 0 Å². The second kappa shape index (κ2) is 9.92. The van der Waals surface area contributed by atoms with Gasteiger partial charge in [0.05, 0.1) is 20.6 Å². The van der Waals surface area contributed by atoms with Crippen molar-refractivity contribution < 1.29 is 19.4 Å². The van der Waals surface area contributed by atoms with E-state index in [2.05, 4.69) is 11.8 Å². The van der Waals surface area contributed by atoms with E-state index < -0.39 is 5.97 Å². The Kier molecular flexibility index (Phi) is 8.18. The second-order valence-electron chi connectivity index (χ2n) is 5.23. The Bertz CT molecular complexity index is 462. The van der Waals surface area contributed by atoms with E-state index in [1.807, 2.05) is 18.2 Å². The van der Waals surface area contributed by atoms with Crippen molar-refractivity contribution in [3.8, 4) is 11.5 Å². The summed E-state index contributed by atoms with van der Waals surface area (Å²) in [6.07, 6.45) is 4.74. The van der Waals surface area contributed by atoms with E-state index in [0.717, 1.165) is 25.1 Å². The van der Waals surface area contributed by atoms with Crippen LogP contribution in [0.5, 0.6) is 11.5 Å². The van der Waals surface area contributed by atoms with Gasteiger partial charge in [-0.1, -0.05) is 26.2 Å². The van der Waals surface area contributed by atoms with Gasteiger partial charge in [0.25, 0.3) is 0 Å². The fourth-order valence-corrected chi connectivity index (χ4v) is 2.35. The van der Waals surface area contributed by atoms with Gasteiger partial charge in [0.1, 0.15) is 0 Å². The monoisotopic (exact) mass is 309 g/mol. The molecule has 5 heteroatoms. The van der Waals surface area contributed by atoms with Gasteiger partial charge >= 0.3 is 5.97 Å². The zero-order chi connectivity index (χ0) is 16.4. The first-order valence-corrected chi connectivity index (χ1v) is 7.81. The lowest BCUT2D eigenvalue weighted by molar-refractivity contribution is -0.136. The fourth-order valence-electron chi connectivity index (χ4n) is 2.35. The summed E-state index contributed by atoms with van der Waals surface area (Å²) in [5.41, 5.74) is 0.968. The number of methoxy groups -OCH3 is 2. The number of carboxylic acid groups (broad SMARTS) is 1. The minimum Gasteiger partial charge on any atom is -0.493 e. The summed E-state index contributed by atoms with van der Waals surface area (Å²) in [5, 5.41) is 8.93. The van der Waals surface area contributed by atoms with Crippen LogP contribution in [0.2, 0.25) is 0 Å². The van der Waals surface area contributed by atoms with Gasteiger partial charge in [0.15, 0.2) is 11.5 Å². The average molecular weight is 309 g/mol. The number of aliphatic carboxylic acids is 1. The Hall–Kier alpha value is -1.91. The molecule has 5 nitrogen and oxygen atoms in total. The number of carbonyl (C=O) groups is 1. The summed E-state index contributed by atoms with van der Waals surface area (Å²) < 4.78 is 10.6. The Morgan fingerprint density at radius 2 is 1.82 bits per heavy atom. The van der Waals surface area contributed by atoms with E-state index in [4.69, 9.17) is 14.6 Å². The first-order chi connectivity index (χ1) is 10.6. The highest BCUT2D eigenvalue weighted by Crippen LogP contribution is 2.31. The number of nitrogens with zero attached hydrogens (tertiary/aromatic N) is 1. The molecule has 1 aromatic carbocycles. The van der Waals surface area contributed by atoms with Crippen LogP contribution in [-0.2, 0) is 4.79 Å². The van der Waals surface area contributed by atoms with Crippen LogP contribution < -0.4 is 14.4 Å². The number of hydrogen-bond donors (Lipinski definition) is 1. The molecule has 22 heavy (non-hydrogen) atoms. The normalized spacial score (nSPS) is 10.3. The topological polar surface area (TPSA) is 59.0 Å². The highest BCUT2D eigenvalue weighted by atomic mass is 16.5. The molecule has 0 aromatic heterocycles. The quantitative estimate of drug-likeness (QED) is 0.633. The third-order valence-corrected chi connectivity index (χ3v) is 3.61. The fraction of sp³-hybridized carbons (Fsp3) is 0.588. The molecule has 0 aliphatic rings. The predicted octanol–water partition coefficient (Wildman–Crippen LogP) is 3.57. The number of rotatable bonds is 11. The van der Waals surface area contributed by atoms with E-state index in [-0.39, 0.29) is 6.42 Å². The Morgan fingerprint density at radius 3 is 2.41 bits per heavy atom. The van der Waals surface area contributed by atoms with Crippen LogP contribution in [-0.4, -0.2) is 38.4 Å². The molecule has 0 saturated carbocycles. The molecule has 1 aromatic rings. The summed E-state index contributed by atoms with van der Waals surface area (Å²) in [7, 11) is 3.20. The molecule has 0 fully saturated rings. The summed E-state index contributed by atoms with van der Waals surface area (Å²) in [6.45, 7) is 3.52. The third kappa shape index (κ3) is 5.84. The second-order valence-corrected chi connectivity index (χ2v) is 5.23. The van der Waals surface area contributed by atoms with E-state index in [1.54, 1.807) is 14.2 Å². The lowest BCUT2D eigenvalue weighted by atomic mass is 10.1. The van der Waals surface area contributed by atoms with Crippen LogP contribution in [0.1, 0.15) is 39.0 Å². The summed E-state index contributed by atoms with van der Waals surface area (Å²) in [5.74, 6) is 0.559. The molecule has 0 heterocycles. The lowest BCUT2D eigenvalue weighted by Gasteiger charge is -2.25. The Morgan fingerprint density at radius 1 is 1.09 bits per heavy atom. The van der Waals surface area contributed by atoms with Crippen LogP contribution in [0.4, 0.5) is 5.69 Å². The standard InChI is InChI=1S/C17H27NO4/c1-4-5-6-7-11-18(12-10-17(19)20)14-8-9-15(21-2)16(13-14)22-3/h8-9,13H,4-7,10-12H2,1-3H3,(H,19,20). The minimum atomic E-state index is -0.779. The van der Waals surface area contributed by atoms with E-state index in [0.29, 0.717) is 18.0 Å². The van der Waals surface area contributed by atoms with Crippen LogP contribution in [0, 0.1) is 0 Å². The molecule has 0 unspecified atom stereocenters. The van der Waals surface area contributed by atoms with E-state index >= 15 is 0 Å². The van der Waals surface area contributed by atoms with Gasteiger partial charge in [-0.3, -0.25) is 4.79 Å². The van der Waals surface area contributed by atoms with Gasteiger partial charge < -0.3 is 19.5 Å². The number of ether oxygens (including phenoxy) is 2. The lowest BCUT2D eigenvalue weighted by Crippen LogP contribution is -2.27. The predicted molar refractivity (Wildman–Crippen MR) is 88.2 cm³/mol. The third-order valence-electron chi connectivity index (χ3n) is 3.61. The molecular weight excluding hydrogens is 282 g/mol. The van der Waals surface area contributed by atoms with Crippen LogP contribution >= 0.6 is 0 Å². The maximum atomic E-state index is 10.9. The minimum absolute atomic E-state index is 0.127. The van der Waals surface area contributed by atoms with Crippen molar-refractivity contribution >= 4 is 11.7 Å². The molecule has 1 rings (SSSR count). The maximum absolute atomic E-state index is 10.9. The van der Waals surface area contributed by atoms with Gasteiger partial charge in [0.2, 0.25) is 0 Å². The highest BCUT2D eigenvalue weighted by Gasteiger charge is 2.12. The number of hydrogen-bond acceptors (Lipinski definition) is 4. The van der Waals surface area contributed by atoms with Crippen molar-refractivity contribution in [2.45, 2.75) is 39.0 Å². The van der Waals surface area contributed by atoms with Crippen LogP contribution in [0.15, 0.2) is 18.2 Å². The van der Waals surface area contributed by atoms with Crippen molar-refractivity contribution in [3.63, 3.8) is 0 Å². The Labute approximate surface area is 132 Å². The first-order valence-electron chi connectivity index (χ1n) is 7.81. The number of carboxylic acids is 1. The van der Waals surface area contributed by atoms with Crippen molar-refractivity contribution in [2.24, 2.45) is 0 Å². The summed E-state index contributed by atoms with van der Waals surface area (Å²) in [6, 6.07) is 5.71. The maximum Gasteiger partial charge on any atom is 0.305 e. The summed E-state index contributed by atoms with van der Waals surface area (Å²) in [4.78, 5) is 13.0. The first kappa shape index (κ1) is 18.1. The van der Waals surface area contributed by atoms with E-state index in [9.17, 15) is 4.79 Å². The van der Waals surface area contributed by atoms with Gasteiger partial charge in [-0.05, 0) is 18.6 Å². The zero-order valence-corrected chi connectivity index (χ0v) is 13.8. The molecule has 1 N–H and O–H groups in total. The molecule has 0 radical (unpaired) electrons. The van der Waals surface area contributed by atoms with Crippen LogP contribution in [0.25, 0.3) is 0 Å². The van der Waals surface area contributed by atoms with E-state index in [1.165, 1.54) is 12.8 Å². The molecule has 0 saturated heterocycles. The zero-order valence-electron chi connectivity index (χ0n) is 13.8. The molecule has 124 valence electrons. The smallest absolute Gasteiger partial charge is 0.305 e. The summed E-state index contributed by atoms with van der Waals surface area (Å²) >= 11 is 0. The average Bonchev–Trinajstić information content (AvgIpc) is 2.53. The molecular formula is C17H27NO4. The van der Waals surface area contributed by atoms with Gasteiger partial charge in [0, 0.05) is 24.8 Å². The number of benzene rings is 1. The number of unbranched alkanes of at least 4 members (excludes halogenated alkanes) is 3. The SMILES string of the molecule is CCCCCCN(CCC(=O)O)c1ccc(OC)c(OC)c1. The van der Waals surface area contributed by atoms with Crippen molar-refractivity contribution in [1.82, 2.24) is 0 Å². The number of anilines is 1. The van der Waals surface area contributed by atoms with Crippen molar-refractivity contribution in [1.29, 1.82) is 0 Å². The molecule has 0 bridgehead atoms. The van der Waals surface area contributed by atoms with Crippen molar-refractivity contribution in [2.75, 3.05) is 32.2 Å². The molecule has 0 aliphatic heterocycles.